The molecule has 6 heteroatoms. The zero-order valence-electron chi connectivity index (χ0n) is 10.4. The van der Waals surface area contributed by atoms with Gasteiger partial charge in [-0.2, -0.15) is 15.3 Å². The minimum absolute atomic E-state index is 0.0201. The van der Waals surface area contributed by atoms with Gasteiger partial charge in [-0.3, -0.25) is 4.79 Å². The molecule has 0 spiro atoms. The standard InChI is InChI=1S/C11H15N3O3/c1-5-14-12-6-9(7(2)13-14)10(8(3)15)11(16)17-4/h6H,5H2,1-4H3/b10-9+. The first-order valence-corrected chi connectivity index (χ1v) is 5.21. The van der Waals surface area contributed by atoms with Gasteiger partial charge in [0, 0.05) is 5.57 Å². The van der Waals surface area contributed by atoms with Crippen LogP contribution in [0.2, 0.25) is 0 Å². The number of allylic oxidation sites excluding steroid dienone is 1. The largest absolute Gasteiger partial charge is 0.465 e. The maximum Gasteiger partial charge on any atom is 0.342 e. The smallest absolute Gasteiger partial charge is 0.342 e. The summed E-state index contributed by atoms with van der Waals surface area (Å²) >= 11 is 0. The lowest BCUT2D eigenvalue weighted by atomic mass is 10.0. The average molecular weight is 237 g/mol. The SMILES string of the molecule is CCN1N=C/C(=C(/C(C)=O)C(=O)OC)C(C)=N1. The molecule has 92 valence electrons. The van der Waals surface area contributed by atoms with Crippen LogP contribution in [0.5, 0.6) is 0 Å². The molecule has 0 radical (unpaired) electrons. The molecular weight excluding hydrogens is 222 g/mol. The third kappa shape index (κ3) is 2.77. The van der Waals surface area contributed by atoms with Gasteiger partial charge in [0.15, 0.2) is 5.78 Å². The molecule has 0 aliphatic carbocycles. The van der Waals surface area contributed by atoms with Crippen molar-refractivity contribution >= 4 is 23.7 Å². The van der Waals surface area contributed by atoms with Crippen LogP contribution in [0.1, 0.15) is 20.8 Å². The third-order valence-electron chi connectivity index (χ3n) is 2.27. The molecule has 1 aliphatic rings. The second-order valence-corrected chi connectivity index (χ2v) is 3.45. The van der Waals surface area contributed by atoms with Crippen LogP contribution < -0.4 is 0 Å². The van der Waals surface area contributed by atoms with E-state index in [0.29, 0.717) is 17.8 Å². The van der Waals surface area contributed by atoms with Crippen LogP contribution in [-0.2, 0) is 14.3 Å². The van der Waals surface area contributed by atoms with E-state index in [9.17, 15) is 9.59 Å². The highest BCUT2D eigenvalue weighted by Crippen LogP contribution is 2.13. The molecule has 0 saturated carbocycles. The third-order valence-corrected chi connectivity index (χ3v) is 2.27. The van der Waals surface area contributed by atoms with Gasteiger partial charge in [-0.15, -0.1) is 0 Å². The molecule has 0 atom stereocenters. The van der Waals surface area contributed by atoms with Crippen LogP contribution in [0.25, 0.3) is 0 Å². The topological polar surface area (TPSA) is 71.3 Å². The van der Waals surface area contributed by atoms with Crippen molar-refractivity contribution in [2.24, 2.45) is 10.2 Å². The van der Waals surface area contributed by atoms with Gasteiger partial charge in [-0.25, -0.2) is 4.79 Å². The zero-order valence-corrected chi connectivity index (χ0v) is 10.4. The van der Waals surface area contributed by atoms with Crippen molar-refractivity contribution in [3.05, 3.63) is 11.1 Å². The van der Waals surface area contributed by atoms with Crippen LogP contribution in [0.4, 0.5) is 0 Å². The fraction of sp³-hybridized carbons (Fsp3) is 0.455. The van der Waals surface area contributed by atoms with E-state index in [4.69, 9.17) is 0 Å². The molecule has 0 amide bonds. The number of ketones is 1. The highest BCUT2D eigenvalue weighted by atomic mass is 16.5. The normalized spacial score (nSPS) is 17.6. The van der Waals surface area contributed by atoms with E-state index in [1.807, 2.05) is 6.92 Å². The predicted molar refractivity (Wildman–Crippen MR) is 63.7 cm³/mol. The first-order chi connectivity index (χ1) is 8.01. The van der Waals surface area contributed by atoms with E-state index in [1.165, 1.54) is 25.4 Å². The van der Waals surface area contributed by atoms with Crippen LogP contribution in [0, 0.1) is 0 Å². The lowest BCUT2D eigenvalue weighted by Crippen LogP contribution is -2.24. The quantitative estimate of drug-likeness (QED) is 0.314. The summed E-state index contributed by atoms with van der Waals surface area (Å²) in [5.41, 5.74) is 0.958. The van der Waals surface area contributed by atoms with E-state index in [2.05, 4.69) is 14.9 Å². The first kappa shape index (κ1) is 13.1. The number of esters is 1. The molecule has 0 bridgehead atoms. The van der Waals surface area contributed by atoms with E-state index in [-0.39, 0.29) is 11.4 Å². The fourth-order valence-corrected chi connectivity index (χ4v) is 1.41. The fourth-order valence-electron chi connectivity index (χ4n) is 1.41. The van der Waals surface area contributed by atoms with Crippen molar-refractivity contribution in [1.29, 1.82) is 0 Å². The predicted octanol–water partition coefficient (Wildman–Crippen LogP) is 0.742. The number of methoxy groups -OCH3 is 1. The second-order valence-electron chi connectivity index (χ2n) is 3.45. The van der Waals surface area contributed by atoms with Gasteiger partial charge in [-0.05, 0) is 20.8 Å². The van der Waals surface area contributed by atoms with Crippen LogP contribution >= 0.6 is 0 Å². The van der Waals surface area contributed by atoms with E-state index >= 15 is 0 Å². The summed E-state index contributed by atoms with van der Waals surface area (Å²) in [6, 6.07) is 0. The monoisotopic (exact) mass is 237 g/mol. The zero-order chi connectivity index (χ0) is 13.0. The number of hydrogen-bond acceptors (Lipinski definition) is 6. The Balaban J connectivity index is 3.24. The number of hydrazone groups is 2. The summed E-state index contributed by atoms with van der Waals surface area (Å²) in [5.74, 6) is -1.03. The molecule has 0 aromatic heterocycles. The molecule has 1 rings (SSSR count). The molecule has 0 unspecified atom stereocenters. The Kier molecular flexibility index (Phi) is 4.14. The first-order valence-electron chi connectivity index (χ1n) is 5.21. The summed E-state index contributed by atoms with van der Waals surface area (Å²) in [5, 5.41) is 9.62. The number of Topliss-reactive ketones (excluding diaryl/α,β-unsaturated/α-hetero) is 1. The number of carbonyl (C=O) groups excluding carboxylic acids is 2. The molecular formula is C11H15N3O3. The van der Waals surface area contributed by atoms with Gasteiger partial charge >= 0.3 is 5.97 Å². The van der Waals surface area contributed by atoms with Gasteiger partial charge in [0.2, 0.25) is 0 Å². The Morgan fingerprint density at radius 2 is 2.12 bits per heavy atom. The van der Waals surface area contributed by atoms with Crippen LogP contribution in [-0.4, -0.2) is 42.5 Å². The molecule has 17 heavy (non-hydrogen) atoms. The van der Waals surface area contributed by atoms with Gasteiger partial charge in [0.25, 0.3) is 0 Å². The Morgan fingerprint density at radius 3 is 2.53 bits per heavy atom. The van der Waals surface area contributed by atoms with Crippen LogP contribution in [0.15, 0.2) is 21.3 Å². The van der Waals surface area contributed by atoms with Gasteiger partial charge < -0.3 is 4.74 Å². The van der Waals surface area contributed by atoms with E-state index in [1.54, 1.807) is 6.92 Å². The summed E-state index contributed by atoms with van der Waals surface area (Å²) in [6.07, 6.45) is 1.46. The molecule has 0 saturated heterocycles. The molecule has 6 nitrogen and oxygen atoms in total. The average Bonchev–Trinajstić information content (AvgIpc) is 2.30. The maximum atomic E-state index is 11.5. The van der Waals surface area contributed by atoms with E-state index < -0.39 is 5.97 Å². The lowest BCUT2D eigenvalue weighted by molar-refractivity contribution is -0.137. The van der Waals surface area contributed by atoms with Crippen molar-refractivity contribution < 1.29 is 14.3 Å². The number of carbonyl (C=O) groups is 2. The number of rotatable bonds is 3. The van der Waals surface area contributed by atoms with E-state index in [0.717, 1.165) is 0 Å². The Morgan fingerprint density at radius 1 is 1.47 bits per heavy atom. The Bertz CT molecular complexity index is 435. The summed E-state index contributed by atoms with van der Waals surface area (Å²) < 4.78 is 4.58. The van der Waals surface area contributed by atoms with Gasteiger partial charge in [-0.1, -0.05) is 0 Å². The highest BCUT2D eigenvalue weighted by Gasteiger charge is 2.23. The molecule has 0 N–H and O–H groups in total. The number of nitrogens with zero attached hydrogens (tertiary/aromatic N) is 3. The summed E-state index contributed by atoms with van der Waals surface area (Å²) in [4.78, 5) is 23.0. The molecule has 0 aromatic rings. The summed E-state index contributed by atoms with van der Waals surface area (Å²) in [6.45, 7) is 5.55. The Hall–Kier alpha value is -1.98. The van der Waals surface area contributed by atoms with Crippen molar-refractivity contribution in [1.82, 2.24) is 5.12 Å². The van der Waals surface area contributed by atoms with Crippen LogP contribution in [0.3, 0.4) is 0 Å². The lowest BCUT2D eigenvalue weighted by Gasteiger charge is -2.18. The number of ether oxygens (including phenoxy) is 1. The summed E-state index contributed by atoms with van der Waals surface area (Å²) in [7, 11) is 1.23. The van der Waals surface area contributed by atoms with Crippen molar-refractivity contribution in [2.75, 3.05) is 13.7 Å². The van der Waals surface area contributed by atoms with Gasteiger partial charge in [0.1, 0.15) is 5.57 Å². The van der Waals surface area contributed by atoms with Crippen molar-refractivity contribution in [2.45, 2.75) is 20.8 Å². The second kappa shape index (κ2) is 5.38. The number of hydrogen-bond donors (Lipinski definition) is 0. The molecule has 1 aliphatic heterocycles. The minimum Gasteiger partial charge on any atom is -0.465 e. The molecule has 0 fully saturated rings. The van der Waals surface area contributed by atoms with Crippen molar-refractivity contribution in [3.8, 4) is 0 Å². The highest BCUT2D eigenvalue weighted by molar-refractivity contribution is 6.29. The minimum atomic E-state index is -0.668. The Labute approximate surface area is 99.6 Å². The molecule has 1 heterocycles. The van der Waals surface area contributed by atoms with Crippen molar-refractivity contribution in [3.63, 3.8) is 0 Å². The molecule has 0 aromatic carbocycles. The maximum absolute atomic E-state index is 11.5. The van der Waals surface area contributed by atoms with Gasteiger partial charge in [0.05, 0.1) is 25.6 Å².